The molecule has 0 spiro atoms. The summed E-state index contributed by atoms with van der Waals surface area (Å²) in [6.07, 6.45) is 0.583. The zero-order valence-corrected chi connectivity index (χ0v) is 15.5. The zero-order valence-electron chi connectivity index (χ0n) is 14.7. The summed E-state index contributed by atoms with van der Waals surface area (Å²) in [6, 6.07) is 19.6. The molecule has 0 atom stereocenters. The second-order valence-corrected chi connectivity index (χ2v) is 6.75. The van der Waals surface area contributed by atoms with Gasteiger partial charge in [-0.25, -0.2) is 0 Å². The second-order valence-electron chi connectivity index (χ2n) is 5.82. The third kappa shape index (κ3) is 4.38. The quantitative estimate of drug-likeness (QED) is 0.434. The van der Waals surface area contributed by atoms with Crippen LogP contribution in [-0.4, -0.2) is 22.5 Å². The number of benzene rings is 2. The van der Waals surface area contributed by atoms with Crippen LogP contribution in [0.15, 0.2) is 74.8 Å². The van der Waals surface area contributed by atoms with Gasteiger partial charge in [0.1, 0.15) is 5.75 Å². The van der Waals surface area contributed by atoms with Gasteiger partial charge in [0.2, 0.25) is 5.89 Å². The van der Waals surface area contributed by atoms with Crippen LogP contribution >= 0.6 is 11.8 Å². The molecule has 0 unspecified atom stereocenters. The maximum absolute atomic E-state index is 5.71. The van der Waals surface area contributed by atoms with E-state index >= 15 is 0 Å². The average Bonchev–Trinajstić information content (AvgIpc) is 3.37. The number of aromatic nitrogens is 3. The van der Waals surface area contributed by atoms with Crippen molar-refractivity contribution in [3.05, 3.63) is 77.8 Å². The van der Waals surface area contributed by atoms with Crippen LogP contribution in [0.1, 0.15) is 17.1 Å². The minimum Gasteiger partial charge on any atom is -0.497 e. The van der Waals surface area contributed by atoms with Crippen molar-refractivity contribution in [2.75, 3.05) is 7.11 Å². The standard InChI is InChI=1S/C20H17N3O3S/c1-24-17-9-7-14(8-10-17)11-19-21-22-20(25-19)27-13-16-12-18(26-23-16)15-5-3-2-4-6-15/h2-10,12H,11,13H2,1H3. The van der Waals surface area contributed by atoms with Crippen molar-refractivity contribution in [1.82, 2.24) is 15.4 Å². The Morgan fingerprint density at radius 3 is 2.59 bits per heavy atom. The van der Waals surface area contributed by atoms with Gasteiger partial charge in [-0.1, -0.05) is 59.4 Å². The van der Waals surface area contributed by atoms with E-state index in [0.717, 1.165) is 28.3 Å². The van der Waals surface area contributed by atoms with Gasteiger partial charge in [0.25, 0.3) is 5.22 Å². The normalized spacial score (nSPS) is 10.9. The van der Waals surface area contributed by atoms with Crippen molar-refractivity contribution < 1.29 is 13.7 Å². The Morgan fingerprint density at radius 2 is 1.81 bits per heavy atom. The van der Waals surface area contributed by atoms with E-state index in [4.69, 9.17) is 13.7 Å². The Balaban J connectivity index is 1.35. The third-order valence-electron chi connectivity index (χ3n) is 3.92. The van der Waals surface area contributed by atoms with Gasteiger partial charge in [0.05, 0.1) is 19.2 Å². The molecule has 0 bridgehead atoms. The molecule has 0 saturated carbocycles. The Morgan fingerprint density at radius 1 is 1.00 bits per heavy atom. The third-order valence-corrected chi connectivity index (χ3v) is 4.78. The number of thioether (sulfide) groups is 1. The van der Waals surface area contributed by atoms with Crippen LogP contribution < -0.4 is 4.74 Å². The van der Waals surface area contributed by atoms with Crippen LogP contribution in [0, 0.1) is 0 Å². The SMILES string of the molecule is COc1ccc(Cc2nnc(SCc3cc(-c4ccccc4)on3)o2)cc1. The molecule has 0 aliphatic carbocycles. The van der Waals surface area contributed by atoms with Crippen molar-refractivity contribution >= 4 is 11.8 Å². The molecule has 6 nitrogen and oxygen atoms in total. The van der Waals surface area contributed by atoms with Gasteiger partial charge in [-0.05, 0) is 17.7 Å². The van der Waals surface area contributed by atoms with Crippen LogP contribution in [-0.2, 0) is 12.2 Å². The van der Waals surface area contributed by atoms with E-state index in [0.29, 0.717) is 23.3 Å². The first kappa shape index (κ1) is 17.4. The highest BCUT2D eigenvalue weighted by Crippen LogP contribution is 2.25. The summed E-state index contributed by atoms with van der Waals surface area (Å²) in [4.78, 5) is 0. The van der Waals surface area contributed by atoms with Gasteiger partial charge >= 0.3 is 0 Å². The van der Waals surface area contributed by atoms with E-state index in [-0.39, 0.29) is 0 Å². The molecular weight excluding hydrogens is 362 g/mol. The summed E-state index contributed by atoms with van der Waals surface area (Å²) in [5.41, 5.74) is 2.91. The Kier molecular flexibility index (Phi) is 5.20. The molecule has 2 heterocycles. The van der Waals surface area contributed by atoms with Gasteiger partial charge in [-0.2, -0.15) is 0 Å². The van der Waals surface area contributed by atoms with E-state index in [1.807, 2.05) is 60.7 Å². The molecule has 4 rings (SSSR count). The van der Waals surface area contributed by atoms with Crippen molar-refractivity contribution in [3.8, 4) is 17.1 Å². The van der Waals surface area contributed by atoms with Crippen LogP contribution in [0.2, 0.25) is 0 Å². The van der Waals surface area contributed by atoms with Gasteiger partial charge in [-0.3, -0.25) is 0 Å². The fourth-order valence-corrected chi connectivity index (χ4v) is 3.20. The molecule has 0 saturated heterocycles. The van der Waals surface area contributed by atoms with Gasteiger partial charge in [-0.15, -0.1) is 10.2 Å². The topological polar surface area (TPSA) is 74.2 Å². The van der Waals surface area contributed by atoms with E-state index in [2.05, 4.69) is 15.4 Å². The molecule has 136 valence electrons. The summed E-state index contributed by atoms with van der Waals surface area (Å²) < 4.78 is 16.3. The smallest absolute Gasteiger partial charge is 0.276 e. The molecule has 2 aromatic carbocycles. The second kappa shape index (κ2) is 8.09. The highest BCUT2D eigenvalue weighted by molar-refractivity contribution is 7.98. The number of hydrogen-bond donors (Lipinski definition) is 0. The number of ether oxygens (including phenoxy) is 1. The maximum atomic E-state index is 5.71. The Hall–Kier alpha value is -3.06. The minimum absolute atomic E-state index is 0.516. The zero-order chi connectivity index (χ0) is 18.5. The summed E-state index contributed by atoms with van der Waals surface area (Å²) >= 11 is 1.44. The molecular formula is C20H17N3O3S. The number of rotatable bonds is 7. The summed E-state index contributed by atoms with van der Waals surface area (Å²) in [5.74, 6) is 2.74. The Bertz CT molecular complexity index is 997. The predicted molar refractivity (Wildman–Crippen MR) is 102 cm³/mol. The molecule has 0 aliphatic heterocycles. The van der Waals surface area contributed by atoms with Crippen LogP contribution in [0.25, 0.3) is 11.3 Å². The first-order valence-corrected chi connectivity index (χ1v) is 9.38. The highest BCUT2D eigenvalue weighted by Gasteiger charge is 2.11. The van der Waals surface area contributed by atoms with Crippen molar-refractivity contribution in [2.24, 2.45) is 0 Å². The average molecular weight is 379 g/mol. The van der Waals surface area contributed by atoms with Crippen LogP contribution in [0.5, 0.6) is 5.75 Å². The van der Waals surface area contributed by atoms with Crippen LogP contribution in [0.3, 0.4) is 0 Å². The highest BCUT2D eigenvalue weighted by atomic mass is 32.2. The molecule has 0 N–H and O–H groups in total. The lowest BCUT2D eigenvalue weighted by Gasteiger charge is -2.00. The van der Waals surface area contributed by atoms with Crippen LogP contribution in [0.4, 0.5) is 0 Å². The summed E-state index contributed by atoms with van der Waals surface area (Å²) in [7, 11) is 1.65. The van der Waals surface area contributed by atoms with Gasteiger partial charge in [0.15, 0.2) is 5.76 Å². The molecule has 0 amide bonds. The fourth-order valence-electron chi connectivity index (χ4n) is 2.54. The van der Waals surface area contributed by atoms with Gasteiger partial charge in [0, 0.05) is 17.4 Å². The molecule has 7 heteroatoms. The predicted octanol–water partition coefficient (Wildman–Crippen LogP) is 4.62. The maximum Gasteiger partial charge on any atom is 0.276 e. The molecule has 4 aromatic rings. The van der Waals surface area contributed by atoms with Crippen molar-refractivity contribution in [2.45, 2.75) is 17.4 Å². The lowest BCUT2D eigenvalue weighted by Crippen LogP contribution is -1.89. The molecule has 0 aliphatic rings. The number of nitrogens with zero attached hydrogens (tertiary/aromatic N) is 3. The fraction of sp³-hybridized carbons (Fsp3) is 0.150. The molecule has 27 heavy (non-hydrogen) atoms. The number of hydrogen-bond acceptors (Lipinski definition) is 7. The largest absolute Gasteiger partial charge is 0.497 e. The molecule has 0 radical (unpaired) electrons. The monoisotopic (exact) mass is 379 g/mol. The first-order chi connectivity index (χ1) is 13.3. The lowest BCUT2D eigenvalue weighted by molar-refractivity contribution is 0.413. The van der Waals surface area contributed by atoms with Crippen molar-refractivity contribution in [1.29, 1.82) is 0 Å². The summed E-state index contributed by atoms with van der Waals surface area (Å²) in [5, 5.41) is 12.8. The van der Waals surface area contributed by atoms with E-state index in [1.165, 1.54) is 11.8 Å². The lowest BCUT2D eigenvalue weighted by atomic mass is 10.1. The van der Waals surface area contributed by atoms with Crippen molar-refractivity contribution in [3.63, 3.8) is 0 Å². The molecule has 0 fully saturated rings. The summed E-state index contributed by atoms with van der Waals surface area (Å²) in [6.45, 7) is 0. The Labute approximate surface area is 160 Å². The van der Waals surface area contributed by atoms with E-state index in [9.17, 15) is 0 Å². The van der Waals surface area contributed by atoms with E-state index < -0.39 is 0 Å². The number of methoxy groups -OCH3 is 1. The first-order valence-electron chi connectivity index (χ1n) is 8.39. The minimum atomic E-state index is 0.516. The van der Waals surface area contributed by atoms with Gasteiger partial charge < -0.3 is 13.7 Å². The van der Waals surface area contributed by atoms with E-state index in [1.54, 1.807) is 7.11 Å². The molecule has 2 aromatic heterocycles.